The van der Waals surface area contributed by atoms with E-state index in [1.807, 2.05) is 6.92 Å². The van der Waals surface area contributed by atoms with Gasteiger partial charge in [-0.25, -0.2) is 8.42 Å². The smallest absolute Gasteiger partial charge is 0.324 e. The second-order valence-corrected chi connectivity index (χ2v) is 6.44. The number of benzene rings is 1. The summed E-state index contributed by atoms with van der Waals surface area (Å²) in [6.07, 6.45) is 2.41. The standard InChI is InChI=1S/C16H21NO4S/c1-4-6-7-8-15(16(18)21-5-2)17-22(19,20)14-11-9-13(3)10-12-14/h6,9-12,15,17H,1,5,7-8H2,2-3H3. The van der Waals surface area contributed by atoms with E-state index in [1.54, 1.807) is 25.1 Å². The summed E-state index contributed by atoms with van der Waals surface area (Å²) in [5.74, 6) is -0.587. The van der Waals surface area contributed by atoms with Crippen LogP contribution < -0.4 is 4.72 Å². The first-order chi connectivity index (χ1) is 10.4. The molecular weight excluding hydrogens is 302 g/mol. The number of carbonyl (C=O) groups is 1. The van der Waals surface area contributed by atoms with Gasteiger partial charge < -0.3 is 4.74 Å². The molecule has 0 spiro atoms. The summed E-state index contributed by atoms with van der Waals surface area (Å²) >= 11 is 0. The largest absolute Gasteiger partial charge is 0.465 e. The van der Waals surface area contributed by atoms with Gasteiger partial charge in [0.2, 0.25) is 10.0 Å². The Bertz CT molecular complexity index is 643. The van der Waals surface area contributed by atoms with Gasteiger partial charge in [0, 0.05) is 0 Å². The molecule has 0 fully saturated rings. The minimum Gasteiger partial charge on any atom is -0.465 e. The van der Waals surface area contributed by atoms with E-state index in [-0.39, 0.29) is 17.9 Å². The Balaban J connectivity index is 2.92. The lowest BCUT2D eigenvalue weighted by Gasteiger charge is -2.16. The summed E-state index contributed by atoms with van der Waals surface area (Å²) in [5.41, 5.74) is 3.55. The van der Waals surface area contributed by atoms with Crippen LogP contribution in [0.4, 0.5) is 0 Å². The first-order valence-corrected chi connectivity index (χ1v) is 8.49. The van der Waals surface area contributed by atoms with Crippen LogP contribution in [0.3, 0.4) is 0 Å². The van der Waals surface area contributed by atoms with Crippen LogP contribution >= 0.6 is 0 Å². The highest BCUT2D eigenvalue weighted by Crippen LogP contribution is 2.12. The molecule has 1 aromatic rings. The van der Waals surface area contributed by atoms with Crippen molar-refractivity contribution in [2.45, 2.75) is 37.6 Å². The maximum Gasteiger partial charge on any atom is 0.324 e. The monoisotopic (exact) mass is 323 g/mol. The van der Waals surface area contributed by atoms with E-state index in [0.29, 0.717) is 6.42 Å². The van der Waals surface area contributed by atoms with Crippen molar-refractivity contribution in [3.05, 3.63) is 48.2 Å². The second-order valence-electron chi connectivity index (χ2n) is 4.72. The Kier molecular flexibility index (Phi) is 7.05. The molecule has 5 nitrogen and oxygen atoms in total. The van der Waals surface area contributed by atoms with E-state index < -0.39 is 22.0 Å². The molecule has 0 aliphatic carbocycles. The molecule has 22 heavy (non-hydrogen) atoms. The average molecular weight is 323 g/mol. The molecule has 1 rings (SSSR count). The molecule has 0 heterocycles. The van der Waals surface area contributed by atoms with Crippen molar-refractivity contribution in [2.24, 2.45) is 0 Å². The maximum absolute atomic E-state index is 12.3. The molecule has 0 amide bonds. The Hall–Kier alpha value is -1.88. The van der Waals surface area contributed by atoms with Crippen LogP contribution in [0.2, 0.25) is 0 Å². The molecule has 1 unspecified atom stereocenters. The summed E-state index contributed by atoms with van der Waals surface area (Å²) in [5, 5.41) is 0. The number of nitrogens with one attached hydrogen (secondary N) is 1. The number of allylic oxidation sites excluding steroid dienone is 1. The van der Waals surface area contributed by atoms with Crippen LogP contribution in [0.25, 0.3) is 0 Å². The van der Waals surface area contributed by atoms with Crippen molar-refractivity contribution in [3.8, 4) is 0 Å². The van der Waals surface area contributed by atoms with Crippen molar-refractivity contribution in [2.75, 3.05) is 6.61 Å². The molecule has 0 saturated carbocycles. The van der Waals surface area contributed by atoms with Crippen LogP contribution in [0, 0.1) is 6.92 Å². The van der Waals surface area contributed by atoms with E-state index in [1.165, 1.54) is 12.1 Å². The lowest BCUT2D eigenvalue weighted by molar-refractivity contribution is -0.145. The Morgan fingerprint density at radius 3 is 2.59 bits per heavy atom. The van der Waals surface area contributed by atoms with Gasteiger partial charge in [-0.3, -0.25) is 4.79 Å². The first kappa shape index (κ1) is 18.2. The van der Waals surface area contributed by atoms with Gasteiger partial charge in [0.15, 0.2) is 0 Å². The summed E-state index contributed by atoms with van der Waals surface area (Å²) in [6, 6.07) is 5.48. The quantitative estimate of drug-likeness (QED) is 0.589. The summed E-state index contributed by atoms with van der Waals surface area (Å²) in [4.78, 5) is 12.0. The van der Waals surface area contributed by atoms with Crippen LogP contribution in [0.15, 0.2) is 47.5 Å². The van der Waals surface area contributed by atoms with Gasteiger partial charge in [0.1, 0.15) is 6.04 Å². The highest BCUT2D eigenvalue weighted by Gasteiger charge is 2.26. The zero-order valence-corrected chi connectivity index (χ0v) is 13.7. The van der Waals surface area contributed by atoms with E-state index in [4.69, 9.17) is 4.74 Å². The molecule has 1 aromatic carbocycles. The van der Waals surface area contributed by atoms with Crippen LogP contribution in [0.5, 0.6) is 0 Å². The van der Waals surface area contributed by atoms with Gasteiger partial charge in [0.05, 0.1) is 11.5 Å². The van der Waals surface area contributed by atoms with E-state index >= 15 is 0 Å². The number of rotatable bonds is 8. The molecule has 0 bridgehead atoms. The summed E-state index contributed by atoms with van der Waals surface area (Å²) in [7, 11) is -3.78. The fraction of sp³-hybridized carbons (Fsp3) is 0.375. The maximum atomic E-state index is 12.3. The van der Waals surface area contributed by atoms with Gasteiger partial charge in [-0.15, -0.1) is 5.73 Å². The Labute approximate surface area is 131 Å². The van der Waals surface area contributed by atoms with Gasteiger partial charge in [-0.1, -0.05) is 24.3 Å². The van der Waals surface area contributed by atoms with Crippen molar-refractivity contribution < 1.29 is 17.9 Å². The number of hydrogen-bond acceptors (Lipinski definition) is 4. The third-order valence-electron chi connectivity index (χ3n) is 2.94. The van der Waals surface area contributed by atoms with Gasteiger partial charge >= 0.3 is 5.97 Å². The minimum atomic E-state index is -3.78. The second kappa shape index (κ2) is 8.54. The van der Waals surface area contributed by atoms with Gasteiger partial charge in [0.25, 0.3) is 0 Å². The highest BCUT2D eigenvalue weighted by atomic mass is 32.2. The molecule has 1 atom stereocenters. The molecule has 1 N–H and O–H groups in total. The number of carbonyl (C=O) groups excluding carboxylic acids is 1. The summed E-state index contributed by atoms with van der Waals surface area (Å²) < 4.78 is 32.0. The SMILES string of the molecule is C=C=CCCC(NS(=O)(=O)c1ccc(C)cc1)C(=O)OCC. The topological polar surface area (TPSA) is 72.5 Å². The van der Waals surface area contributed by atoms with Crippen molar-refractivity contribution >= 4 is 16.0 Å². The molecule has 0 radical (unpaired) electrons. The van der Waals surface area contributed by atoms with Gasteiger partial charge in [-0.05, 0) is 44.9 Å². The lowest BCUT2D eigenvalue weighted by atomic mass is 10.2. The van der Waals surface area contributed by atoms with E-state index in [9.17, 15) is 13.2 Å². The third-order valence-corrected chi connectivity index (χ3v) is 4.43. The highest BCUT2D eigenvalue weighted by molar-refractivity contribution is 7.89. The molecule has 0 aliphatic heterocycles. The van der Waals surface area contributed by atoms with Crippen LogP contribution in [-0.2, 0) is 19.6 Å². The molecule has 120 valence electrons. The Morgan fingerprint density at radius 2 is 2.05 bits per heavy atom. The first-order valence-electron chi connectivity index (χ1n) is 7.00. The third kappa shape index (κ3) is 5.48. The van der Waals surface area contributed by atoms with Crippen molar-refractivity contribution in [3.63, 3.8) is 0 Å². The molecule has 6 heteroatoms. The molecule has 0 saturated heterocycles. The fourth-order valence-electron chi connectivity index (χ4n) is 1.79. The number of aryl methyl sites for hydroxylation is 1. The Morgan fingerprint density at radius 1 is 1.41 bits per heavy atom. The van der Waals surface area contributed by atoms with E-state index in [0.717, 1.165) is 5.56 Å². The van der Waals surface area contributed by atoms with Crippen LogP contribution in [-0.4, -0.2) is 27.0 Å². The molecule has 0 aromatic heterocycles. The van der Waals surface area contributed by atoms with E-state index in [2.05, 4.69) is 17.0 Å². The van der Waals surface area contributed by atoms with Gasteiger partial charge in [-0.2, -0.15) is 4.72 Å². The average Bonchev–Trinajstić information content (AvgIpc) is 2.47. The predicted octanol–water partition coefficient (Wildman–Crippen LogP) is 2.33. The number of hydrogen-bond donors (Lipinski definition) is 1. The lowest BCUT2D eigenvalue weighted by Crippen LogP contribution is -2.41. The number of ether oxygens (including phenoxy) is 1. The molecule has 0 aliphatic rings. The summed E-state index contributed by atoms with van der Waals surface area (Å²) in [6.45, 7) is 7.17. The predicted molar refractivity (Wildman–Crippen MR) is 84.9 cm³/mol. The fourth-order valence-corrected chi connectivity index (χ4v) is 3.01. The number of esters is 1. The minimum absolute atomic E-state index is 0.117. The molecular formula is C16H21NO4S. The number of sulfonamides is 1. The zero-order valence-electron chi connectivity index (χ0n) is 12.8. The normalized spacial score (nSPS) is 12.3. The van der Waals surface area contributed by atoms with Crippen molar-refractivity contribution in [1.29, 1.82) is 0 Å². The zero-order chi connectivity index (χ0) is 16.6. The van der Waals surface area contributed by atoms with Crippen molar-refractivity contribution in [1.82, 2.24) is 4.72 Å². The van der Waals surface area contributed by atoms with Crippen LogP contribution in [0.1, 0.15) is 25.3 Å².